The standard InChI is InChI=1S/C11H20N2O2.CH4.2Rb/c1-7(2)8(3)9(4)13-11(15)6-10(14)12-5;;;/h9H,6H2,1-5H3,(H2,12,13,14,15);1H4;;/q;;2*+1/p-2. The second-order valence-electron chi connectivity index (χ2n) is 3.68. The zero-order chi connectivity index (χ0) is 12.0. The Morgan fingerprint density at radius 1 is 1.06 bits per heavy atom. The summed E-state index contributed by atoms with van der Waals surface area (Å²) in [4.78, 5) is 22.1. The van der Waals surface area contributed by atoms with Gasteiger partial charge < -0.3 is 20.2 Å². The van der Waals surface area contributed by atoms with E-state index in [0.717, 1.165) is 11.1 Å². The van der Waals surface area contributed by atoms with Crippen LogP contribution in [-0.2, 0) is 9.59 Å². The molecule has 0 saturated carbocycles. The molecule has 0 spiro atoms. The molecule has 18 heavy (non-hydrogen) atoms. The molecule has 4 nitrogen and oxygen atoms in total. The Kier molecular flexibility index (Phi) is 24.8. The van der Waals surface area contributed by atoms with Gasteiger partial charge in [0.15, 0.2) is 0 Å². The van der Waals surface area contributed by atoms with Crippen molar-refractivity contribution in [3.8, 4) is 0 Å². The maximum Gasteiger partial charge on any atom is 1.00 e. The van der Waals surface area contributed by atoms with E-state index in [9.17, 15) is 9.59 Å². The third kappa shape index (κ3) is 13.3. The van der Waals surface area contributed by atoms with Gasteiger partial charge in [0.1, 0.15) is 0 Å². The van der Waals surface area contributed by atoms with Gasteiger partial charge in [0.05, 0.1) is 11.8 Å². The maximum atomic E-state index is 11.3. The fraction of sp³-hybridized carbons (Fsp3) is 0.667. The average molecular weight is 397 g/mol. The molecule has 1 atom stereocenters. The quantitative estimate of drug-likeness (QED) is 0.380. The Balaban J connectivity index is -0.000000327. The van der Waals surface area contributed by atoms with Crippen LogP contribution < -0.4 is 116 Å². The zero-order valence-electron chi connectivity index (χ0n) is 12.0. The van der Waals surface area contributed by atoms with Gasteiger partial charge in [-0.2, -0.15) is 0 Å². The van der Waals surface area contributed by atoms with Gasteiger partial charge in [-0.05, 0) is 20.8 Å². The molecule has 0 fully saturated rings. The Labute approximate surface area is 209 Å². The van der Waals surface area contributed by atoms with Crippen molar-refractivity contribution in [1.29, 1.82) is 0 Å². The molecule has 0 aromatic carbocycles. The summed E-state index contributed by atoms with van der Waals surface area (Å²) in [6.07, 6.45) is -0.225. The first kappa shape index (κ1) is 28.5. The number of rotatable bonds is 4. The summed E-state index contributed by atoms with van der Waals surface area (Å²) in [6.45, 7) is 7.72. The van der Waals surface area contributed by atoms with Crippen LogP contribution in [0.1, 0.15) is 41.5 Å². The molecule has 0 aromatic heterocycles. The van der Waals surface area contributed by atoms with Crippen LogP contribution in [-0.4, -0.2) is 24.9 Å². The molecule has 94 valence electrons. The molecule has 0 rings (SSSR count). The van der Waals surface area contributed by atoms with Crippen molar-refractivity contribution in [1.82, 2.24) is 0 Å². The number of nitrogens with zero attached hydrogens (tertiary/aromatic N) is 2. The number of carbonyl (C=O) groups excluding carboxylic acids is 2. The van der Waals surface area contributed by atoms with Crippen molar-refractivity contribution in [3.05, 3.63) is 21.8 Å². The van der Waals surface area contributed by atoms with Crippen LogP contribution in [0.5, 0.6) is 0 Å². The fourth-order valence-electron chi connectivity index (χ4n) is 0.985. The summed E-state index contributed by atoms with van der Waals surface area (Å²) < 4.78 is 0. The Morgan fingerprint density at radius 2 is 1.50 bits per heavy atom. The van der Waals surface area contributed by atoms with Crippen LogP contribution in [0.2, 0.25) is 0 Å². The smallest absolute Gasteiger partial charge is 0.656 e. The Hall–Kier alpha value is 2.29. The summed E-state index contributed by atoms with van der Waals surface area (Å²) in [6, 6.07) is -0.160. The molecule has 6 heteroatoms. The summed E-state index contributed by atoms with van der Waals surface area (Å²) in [5.74, 6) is -0.829. The Bertz CT molecular complexity index is 288. The topological polar surface area (TPSA) is 62.3 Å². The molecule has 0 N–H and O–H groups in total. The van der Waals surface area contributed by atoms with Gasteiger partial charge in [-0.15, -0.1) is 7.05 Å². The van der Waals surface area contributed by atoms with Crippen molar-refractivity contribution in [2.45, 2.75) is 47.6 Å². The van der Waals surface area contributed by atoms with E-state index in [-0.39, 0.29) is 136 Å². The third-order valence-corrected chi connectivity index (χ3v) is 2.30. The number of carbonyl (C=O) groups is 2. The second-order valence-corrected chi connectivity index (χ2v) is 3.68. The minimum Gasteiger partial charge on any atom is -0.656 e. The monoisotopic (exact) mass is 396 g/mol. The number of amides is 2. The first-order valence-electron chi connectivity index (χ1n) is 4.88. The van der Waals surface area contributed by atoms with Crippen LogP contribution in [0.25, 0.3) is 10.6 Å². The molecule has 1 unspecified atom stereocenters. The SMILES string of the molecule is C.C[N-]C(=O)CC(=O)[N-]C(C)C(C)=C(C)C.[Rb+].[Rb+]. The van der Waals surface area contributed by atoms with Gasteiger partial charge in [0.25, 0.3) is 0 Å². The largest absolute Gasteiger partial charge is 1.00 e. The van der Waals surface area contributed by atoms with E-state index < -0.39 is 11.8 Å². The van der Waals surface area contributed by atoms with E-state index in [1.165, 1.54) is 7.05 Å². The van der Waals surface area contributed by atoms with Crippen molar-refractivity contribution >= 4 is 11.8 Å². The molecular formula is C12H22N2O2Rb2. The van der Waals surface area contributed by atoms with Crippen molar-refractivity contribution in [2.24, 2.45) is 0 Å². The third-order valence-electron chi connectivity index (χ3n) is 2.30. The molecule has 0 aliphatic rings. The number of hydrogen-bond acceptors (Lipinski definition) is 2. The second kappa shape index (κ2) is 15.7. The molecule has 0 aliphatic heterocycles. The van der Waals surface area contributed by atoms with Crippen LogP contribution >= 0.6 is 0 Å². The van der Waals surface area contributed by atoms with Crippen LogP contribution in [0.15, 0.2) is 11.1 Å². The predicted octanol–water partition coefficient (Wildman–Crippen LogP) is -2.80. The molecule has 0 aliphatic carbocycles. The minimum absolute atomic E-state index is 0. The first-order valence-corrected chi connectivity index (χ1v) is 4.88. The van der Waals surface area contributed by atoms with E-state index in [1.54, 1.807) is 0 Å². The fourth-order valence-corrected chi connectivity index (χ4v) is 0.985. The molecule has 0 radical (unpaired) electrons. The zero-order valence-corrected chi connectivity index (χ0v) is 21.8. The van der Waals surface area contributed by atoms with E-state index in [0.29, 0.717) is 0 Å². The van der Waals surface area contributed by atoms with Crippen molar-refractivity contribution in [3.63, 3.8) is 0 Å². The normalized spacial score (nSPS) is 9.61. The van der Waals surface area contributed by atoms with Crippen molar-refractivity contribution in [2.75, 3.05) is 7.05 Å². The summed E-state index contributed by atoms with van der Waals surface area (Å²) in [5.41, 5.74) is 2.20. The molecular weight excluding hydrogens is 375 g/mol. The summed E-state index contributed by atoms with van der Waals surface area (Å²) >= 11 is 0. The van der Waals surface area contributed by atoms with Gasteiger partial charge in [0.2, 0.25) is 0 Å². The first-order chi connectivity index (χ1) is 6.88. The van der Waals surface area contributed by atoms with E-state index in [4.69, 9.17) is 0 Å². The maximum absolute atomic E-state index is 11.3. The Morgan fingerprint density at radius 3 is 1.83 bits per heavy atom. The summed E-state index contributed by atoms with van der Waals surface area (Å²) in [7, 11) is 1.38. The predicted molar refractivity (Wildman–Crippen MR) is 67.5 cm³/mol. The van der Waals surface area contributed by atoms with E-state index >= 15 is 0 Å². The van der Waals surface area contributed by atoms with Gasteiger partial charge in [-0.25, -0.2) is 0 Å². The van der Waals surface area contributed by atoms with Gasteiger partial charge in [0, 0.05) is 6.42 Å². The minimum atomic E-state index is -0.425. The summed E-state index contributed by atoms with van der Waals surface area (Å²) in [5, 5.41) is 7.29. The van der Waals surface area contributed by atoms with Crippen LogP contribution in [0.3, 0.4) is 0 Å². The van der Waals surface area contributed by atoms with Gasteiger partial charge >= 0.3 is 116 Å². The van der Waals surface area contributed by atoms with E-state index in [2.05, 4.69) is 10.6 Å². The molecule has 0 saturated heterocycles. The average Bonchev–Trinajstić information content (AvgIpc) is 2.15. The van der Waals surface area contributed by atoms with Crippen molar-refractivity contribution < 1.29 is 126 Å². The molecule has 0 aromatic rings. The van der Waals surface area contributed by atoms with Crippen LogP contribution in [0, 0.1) is 0 Å². The number of allylic oxidation sites excluding steroid dienone is 1. The molecule has 2 amide bonds. The number of hydrogen-bond donors (Lipinski definition) is 0. The van der Waals surface area contributed by atoms with Gasteiger partial charge in [-0.3, -0.25) is 0 Å². The van der Waals surface area contributed by atoms with Crippen LogP contribution in [0.4, 0.5) is 0 Å². The molecule has 0 heterocycles. The van der Waals surface area contributed by atoms with Gasteiger partial charge in [-0.1, -0.05) is 31.5 Å². The van der Waals surface area contributed by atoms with E-state index in [1.807, 2.05) is 27.7 Å². The molecule has 0 bridgehead atoms.